The van der Waals surface area contributed by atoms with Crippen LogP contribution >= 0.6 is 0 Å². The molecular formula is C20H38N2O6. The Balaban J connectivity index is 4.47. The number of ether oxygens (including phenoxy) is 3. The van der Waals surface area contributed by atoms with E-state index < -0.39 is 23.4 Å². The lowest BCUT2D eigenvalue weighted by Crippen LogP contribution is -2.37. The van der Waals surface area contributed by atoms with Gasteiger partial charge in [0.05, 0.1) is 6.61 Å². The van der Waals surface area contributed by atoms with E-state index in [1.807, 2.05) is 0 Å². The second kappa shape index (κ2) is 12.5. The van der Waals surface area contributed by atoms with Crippen molar-refractivity contribution in [1.82, 2.24) is 10.6 Å². The van der Waals surface area contributed by atoms with Crippen molar-refractivity contribution in [3.8, 4) is 0 Å². The zero-order chi connectivity index (χ0) is 21.8. The molecule has 8 nitrogen and oxygen atoms in total. The second-order valence-electron chi connectivity index (χ2n) is 8.66. The van der Waals surface area contributed by atoms with Crippen LogP contribution in [0, 0.1) is 5.92 Å². The van der Waals surface area contributed by atoms with Gasteiger partial charge in [-0.3, -0.25) is 4.79 Å². The number of esters is 1. The Kier molecular flexibility index (Phi) is 11.6. The van der Waals surface area contributed by atoms with Crippen LogP contribution in [0.3, 0.4) is 0 Å². The first-order valence-electron chi connectivity index (χ1n) is 9.91. The van der Waals surface area contributed by atoms with Gasteiger partial charge in [0.2, 0.25) is 0 Å². The number of hydrogen-bond acceptors (Lipinski definition) is 6. The van der Waals surface area contributed by atoms with E-state index in [0.717, 1.165) is 0 Å². The maximum atomic E-state index is 11.9. The first-order valence-corrected chi connectivity index (χ1v) is 9.91. The quantitative estimate of drug-likeness (QED) is 0.426. The molecule has 0 saturated carbocycles. The second-order valence-corrected chi connectivity index (χ2v) is 8.66. The van der Waals surface area contributed by atoms with E-state index in [4.69, 9.17) is 14.2 Å². The average molecular weight is 403 g/mol. The molecule has 28 heavy (non-hydrogen) atoms. The van der Waals surface area contributed by atoms with E-state index in [2.05, 4.69) is 10.6 Å². The van der Waals surface area contributed by atoms with Crippen molar-refractivity contribution in [1.29, 1.82) is 0 Å². The molecule has 0 aliphatic heterocycles. The predicted octanol–water partition coefficient (Wildman–Crippen LogP) is 3.78. The summed E-state index contributed by atoms with van der Waals surface area (Å²) in [5.41, 5.74) is -1.12. The van der Waals surface area contributed by atoms with Crippen LogP contribution in [0.4, 0.5) is 9.59 Å². The number of carbonyl (C=O) groups is 3. The lowest BCUT2D eigenvalue weighted by Gasteiger charge is -2.23. The zero-order valence-corrected chi connectivity index (χ0v) is 18.5. The Morgan fingerprint density at radius 2 is 1.39 bits per heavy atom. The van der Waals surface area contributed by atoms with E-state index in [-0.39, 0.29) is 11.9 Å². The Morgan fingerprint density at radius 3 is 1.89 bits per heavy atom. The molecule has 0 heterocycles. The van der Waals surface area contributed by atoms with Gasteiger partial charge in [-0.15, -0.1) is 0 Å². The topological polar surface area (TPSA) is 103 Å². The normalized spacial score (nSPS) is 12.7. The molecule has 1 atom stereocenters. The maximum Gasteiger partial charge on any atom is 0.407 e. The summed E-state index contributed by atoms with van der Waals surface area (Å²) in [5.74, 6) is -0.148. The van der Waals surface area contributed by atoms with E-state index in [1.54, 1.807) is 48.5 Å². The standard InChI is InChI=1S/C20H38N2O6/c1-8-26-16(23)11-9-10-15(14-22-18(25)28-20(5,6)7)12-13-21-17(24)27-19(2,3)4/h15H,8-14H2,1-7H3,(H,21,24)(H,22,25). The molecule has 0 saturated heterocycles. The fourth-order valence-corrected chi connectivity index (χ4v) is 2.35. The minimum Gasteiger partial charge on any atom is -0.466 e. The Bertz CT molecular complexity index is 494. The SMILES string of the molecule is CCOC(=O)CCCC(CCNC(=O)OC(C)(C)C)CNC(=O)OC(C)(C)C. The van der Waals surface area contributed by atoms with Crippen LogP contribution < -0.4 is 10.6 Å². The van der Waals surface area contributed by atoms with Crippen LogP contribution in [0.1, 0.15) is 74.1 Å². The number of nitrogens with one attached hydrogen (secondary N) is 2. The summed E-state index contributed by atoms with van der Waals surface area (Å²) in [6.07, 6.45) is 1.37. The largest absolute Gasteiger partial charge is 0.466 e. The third kappa shape index (κ3) is 16.2. The molecule has 0 aliphatic rings. The highest BCUT2D eigenvalue weighted by molar-refractivity contribution is 5.69. The van der Waals surface area contributed by atoms with Gasteiger partial charge in [-0.2, -0.15) is 0 Å². The average Bonchev–Trinajstić information content (AvgIpc) is 2.48. The van der Waals surface area contributed by atoms with Crippen LogP contribution in [-0.4, -0.2) is 49.1 Å². The number of hydrogen-bond donors (Lipinski definition) is 2. The molecule has 0 rings (SSSR count). The summed E-state index contributed by atoms with van der Waals surface area (Å²) < 4.78 is 15.4. The smallest absolute Gasteiger partial charge is 0.407 e. The summed E-state index contributed by atoms with van der Waals surface area (Å²) in [5, 5.41) is 5.48. The van der Waals surface area contributed by atoms with Crippen LogP contribution in [0.2, 0.25) is 0 Å². The maximum absolute atomic E-state index is 11.9. The number of amides is 2. The first kappa shape index (κ1) is 26.0. The van der Waals surface area contributed by atoms with Crippen LogP contribution in [-0.2, 0) is 19.0 Å². The molecule has 0 fully saturated rings. The third-order valence-electron chi connectivity index (χ3n) is 3.45. The van der Waals surface area contributed by atoms with Gasteiger partial charge in [0.25, 0.3) is 0 Å². The van der Waals surface area contributed by atoms with E-state index in [1.165, 1.54) is 0 Å². The molecule has 0 radical (unpaired) electrons. The molecule has 0 aromatic carbocycles. The Hall–Kier alpha value is -1.99. The van der Waals surface area contributed by atoms with Crippen LogP contribution in [0.15, 0.2) is 0 Å². The summed E-state index contributed by atoms with van der Waals surface area (Å²) in [7, 11) is 0. The van der Waals surface area contributed by atoms with Gasteiger partial charge in [0.1, 0.15) is 11.2 Å². The van der Waals surface area contributed by atoms with E-state index in [0.29, 0.717) is 45.4 Å². The third-order valence-corrected chi connectivity index (χ3v) is 3.45. The van der Waals surface area contributed by atoms with E-state index >= 15 is 0 Å². The molecule has 0 bridgehead atoms. The molecular weight excluding hydrogens is 364 g/mol. The summed E-state index contributed by atoms with van der Waals surface area (Å²) in [6, 6.07) is 0. The Morgan fingerprint density at radius 1 is 0.857 bits per heavy atom. The zero-order valence-electron chi connectivity index (χ0n) is 18.5. The highest BCUT2D eigenvalue weighted by Crippen LogP contribution is 2.14. The molecule has 1 unspecified atom stereocenters. The number of carbonyl (C=O) groups excluding carboxylic acids is 3. The molecule has 0 aromatic rings. The van der Waals surface area contributed by atoms with Gasteiger partial charge in [0, 0.05) is 19.5 Å². The van der Waals surface area contributed by atoms with Crippen molar-refractivity contribution in [2.45, 2.75) is 85.4 Å². The van der Waals surface area contributed by atoms with Crippen molar-refractivity contribution >= 4 is 18.2 Å². The molecule has 0 aliphatic carbocycles. The van der Waals surface area contributed by atoms with Crippen molar-refractivity contribution in [2.75, 3.05) is 19.7 Å². The van der Waals surface area contributed by atoms with Crippen molar-refractivity contribution in [2.24, 2.45) is 5.92 Å². The fourth-order valence-electron chi connectivity index (χ4n) is 2.35. The van der Waals surface area contributed by atoms with Gasteiger partial charge in [-0.05, 0) is 73.6 Å². The van der Waals surface area contributed by atoms with Crippen LogP contribution in [0.5, 0.6) is 0 Å². The summed E-state index contributed by atoms with van der Waals surface area (Å²) in [4.78, 5) is 35.1. The van der Waals surface area contributed by atoms with Gasteiger partial charge >= 0.3 is 18.2 Å². The van der Waals surface area contributed by atoms with Gasteiger partial charge in [0.15, 0.2) is 0 Å². The summed E-state index contributed by atoms with van der Waals surface area (Å²) >= 11 is 0. The molecule has 2 N–H and O–H groups in total. The number of rotatable bonds is 10. The van der Waals surface area contributed by atoms with Crippen molar-refractivity contribution < 1.29 is 28.6 Å². The minimum absolute atomic E-state index is 0.0804. The molecule has 8 heteroatoms. The molecule has 0 aromatic heterocycles. The lowest BCUT2D eigenvalue weighted by atomic mass is 9.98. The predicted molar refractivity (Wildman–Crippen MR) is 107 cm³/mol. The first-order chi connectivity index (χ1) is 12.8. The monoisotopic (exact) mass is 402 g/mol. The Labute approximate surface area is 169 Å². The number of alkyl carbamates (subject to hydrolysis) is 2. The van der Waals surface area contributed by atoms with Crippen LogP contribution in [0.25, 0.3) is 0 Å². The highest BCUT2D eigenvalue weighted by atomic mass is 16.6. The summed E-state index contributed by atoms with van der Waals surface area (Å²) in [6.45, 7) is 13.7. The lowest BCUT2D eigenvalue weighted by molar-refractivity contribution is -0.143. The van der Waals surface area contributed by atoms with Crippen molar-refractivity contribution in [3.05, 3.63) is 0 Å². The highest BCUT2D eigenvalue weighted by Gasteiger charge is 2.19. The van der Waals surface area contributed by atoms with E-state index in [9.17, 15) is 14.4 Å². The van der Waals surface area contributed by atoms with Gasteiger partial charge in [-0.25, -0.2) is 9.59 Å². The molecule has 164 valence electrons. The van der Waals surface area contributed by atoms with Crippen molar-refractivity contribution in [3.63, 3.8) is 0 Å². The fraction of sp³-hybridized carbons (Fsp3) is 0.850. The minimum atomic E-state index is -0.568. The van der Waals surface area contributed by atoms with Gasteiger partial charge in [-0.1, -0.05) is 0 Å². The molecule has 2 amide bonds. The molecule has 0 spiro atoms. The van der Waals surface area contributed by atoms with Gasteiger partial charge < -0.3 is 24.8 Å².